The van der Waals surface area contributed by atoms with Crippen LogP contribution in [0.1, 0.15) is 22.7 Å². The number of carboxylic acids is 1. The predicted molar refractivity (Wildman–Crippen MR) is 117 cm³/mol. The summed E-state index contributed by atoms with van der Waals surface area (Å²) in [6, 6.07) is 14.0. The molecule has 0 radical (unpaired) electrons. The minimum atomic E-state index is -1.72. The van der Waals surface area contributed by atoms with Crippen molar-refractivity contribution in [2.45, 2.75) is 12.0 Å². The average molecular weight is 497 g/mol. The Bertz CT molecular complexity index is 1390. The molecule has 9 nitrogen and oxygen atoms in total. The van der Waals surface area contributed by atoms with E-state index in [2.05, 4.69) is 26.2 Å². The first kappa shape index (κ1) is 20.4. The molecule has 0 bridgehead atoms. The maximum absolute atomic E-state index is 12.3. The third-order valence-corrected chi connectivity index (χ3v) is 6.15. The first-order valence-electron chi connectivity index (χ1n) is 9.75. The lowest BCUT2D eigenvalue weighted by molar-refractivity contribution is -0.144. The maximum atomic E-state index is 12.3. The lowest BCUT2D eigenvalue weighted by Crippen LogP contribution is -2.35. The first-order valence-corrected chi connectivity index (χ1v) is 10.5. The predicted octanol–water partition coefficient (Wildman–Crippen LogP) is 3.19. The number of carboxylic acid groups (broad SMARTS) is 1. The van der Waals surface area contributed by atoms with Crippen molar-refractivity contribution in [1.82, 2.24) is 19.8 Å². The molecule has 3 heterocycles. The van der Waals surface area contributed by atoms with E-state index in [1.54, 1.807) is 54.2 Å². The molecular formula is C22H17BrN4O5. The van der Waals surface area contributed by atoms with Gasteiger partial charge < -0.3 is 19.6 Å². The number of aromatic carboxylic acids is 1. The highest BCUT2D eigenvalue weighted by atomic mass is 79.9. The molecule has 1 atom stereocenters. The zero-order chi connectivity index (χ0) is 22.6. The summed E-state index contributed by atoms with van der Waals surface area (Å²) in [5.41, 5.74) is 0.591. The molecule has 1 saturated heterocycles. The lowest BCUT2D eigenvalue weighted by atomic mass is 9.98. The fourth-order valence-electron chi connectivity index (χ4n) is 3.93. The number of halogens is 1. The zero-order valence-electron chi connectivity index (χ0n) is 16.8. The quantitative estimate of drug-likeness (QED) is 0.444. The molecule has 1 aliphatic rings. The third kappa shape index (κ3) is 3.10. The molecule has 0 unspecified atom stereocenters. The van der Waals surface area contributed by atoms with E-state index in [9.17, 15) is 19.8 Å². The number of hydrogen-bond acceptors (Lipinski definition) is 6. The van der Waals surface area contributed by atoms with Gasteiger partial charge in [0.25, 0.3) is 5.91 Å². The first-order chi connectivity index (χ1) is 15.3. The number of fused-ring (bicyclic) bond motifs is 1. The van der Waals surface area contributed by atoms with Crippen LogP contribution < -0.4 is 0 Å². The van der Waals surface area contributed by atoms with Crippen LogP contribution in [-0.4, -0.2) is 55.5 Å². The van der Waals surface area contributed by atoms with Crippen LogP contribution >= 0.6 is 15.9 Å². The lowest BCUT2D eigenvalue weighted by Gasteiger charge is -2.16. The van der Waals surface area contributed by atoms with Crippen molar-refractivity contribution in [3.63, 3.8) is 0 Å². The Kier molecular flexibility index (Phi) is 4.64. The summed E-state index contributed by atoms with van der Waals surface area (Å²) in [6.45, 7) is 0.426. The van der Waals surface area contributed by atoms with E-state index < -0.39 is 17.5 Å². The Morgan fingerprint density at radius 3 is 2.75 bits per heavy atom. The van der Waals surface area contributed by atoms with Crippen molar-refractivity contribution in [2.24, 2.45) is 0 Å². The minimum Gasteiger partial charge on any atom is -0.476 e. The Morgan fingerprint density at radius 2 is 2.03 bits per heavy atom. The molecule has 32 heavy (non-hydrogen) atoms. The van der Waals surface area contributed by atoms with Gasteiger partial charge in [0.1, 0.15) is 5.69 Å². The highest BCUT2D eigenvalue weighted by Gasteiger charge is 2.48. The van der Waals surface area contributed by atoms with Crippen molar-refractivity contribution in [3.8, 4) is 16.9 Å². The van der Waals surface area contributed by atoms with Gasteiger partial charge in [-0.1, -0.05) is 33.2 Å². The summed E-state index contributed by atoms with van der Waals surface area (Å²) in [6.07, 6.45) is 0.226. The summed E-state index contributed by atoms with van der Waals surface area (Å²) in [5.74, 6) is -1.46. The van der Waals surface area contributed by atoms with E-state index in [4.69, 9.17) is 4.52 Å². The number of aliphatic hydroxyl groups is 1. The third-order valence-electron chi connectivity index (χ3n) is 5.66. The number of amides is 1. The average Bonchev–Trinajstić information content (AvgIpc) is 3.48. The summed E-state index contributed by atoms with van der Waals surface area (Å²) < 4.78 is 7.64. The van der Waals surface area contributed by atoms with E-state index in [0.717, 1.165) is 4.47 Å². The minimum absolute atomic E-state index is 0.0542. The topological polar surface area (TPSA) is 122 Å². The highest BCUT2D eigenvalue weighted by molar-refractivity contribution is 9.10. The SMILES string of the molecule is CN1CC[C@@](O)(c2cc(-c3cccc(-n4nc(C(=O)O)c5cc(Br)ccc54)c3)no2)C1=O. The number of carbonyl (C=O) groups excluding carboxylic acids is 1. The van der Waals surface area contributed by atoms with Gasteiger partial charge in [0.15, 0.2) is 11.5 Å². The largest absolute Gasteiger partial charge is 0.476 e. The molecule has 4 aromatic rings. The number of likely N-dealkylation sites (N-methyl/N-ethyl adjacent to an activating group) is 1. The van der Waals surface area contributed by atoms with Gasteiger partial charge in [-0.2, -0.15) is 5.10 Å². The second-order valence-electron chi connectivity index (χ2n) is 7.69. The van der Waals surface area contributed by atoms with Gasteiger partial charge in [0.05, 0.1) is 11.2 Å². The van der Waals surface area contributed by atoms with Gasteiger partial charge in [0.2, 0.25) is 5.60 Å². The van der Waals surface area contributed by atoms with Crippen LogP contribution in [0.5, 0.6) is 0 Å². The fraction of sp³-hybridized carbons (Fsp3) is 0.182. The van der Waals surface area contributed by atoms with Gasteiger partial charge in [-0.05, 0) is 30.3 Å². The maximum Gasteiger partial charge on any atom is 0.357 e. The van der Waals surface area contributed by atoms with Crippen LogP contribution in [0.25, 0.3) is 27.8 Å². The Labute approximate surface area is 190 Å². The molecule has 1 fully saturated rings. The summed E-state index contributed by atoms with van der Waals surface area (Å²) in [7, 11) is 1.62. The molecule has 1 aliphatic heterocycles. The van der Waals surface area contributed by atoms with Crippen LogP contribution in [0.2, 0.25) is 0 Å². The molecular weight excluding hydrogens is 480 g/mol. The van der Waals surface area contributed by atoms with E-state index in [0.29, 0.717) is 34.4 Å². The van der Waals surface area contributed by atoms with Gasteiger partial charge in [0, 0.05) is 41.5 Å². The van der Waals surface area contributed by atoms with Crippen LogP contribution in [0, 0.1) is 0 Å². The monoisotopic (exact) mass is 496 g/mol. The van der Waals surface area contributed by atoms with Gasteiger partial charge in [-0.15, -0.1) is 0 Å². The molecule has 0 aliphatic carbocycles. The molecule has 10 heteroatoms. The number of likely N-dealkylation sites (tertiary alicyclic amines) is 1. The molecule has 0 spiro atoms. The van der Waals surface area contributed by atoms with Crippen molar-refractivity contribution in [2.75, 3.05) is 13.6 Å². The van der Waals surface area contributed by atoms with Crippen LogP contribution in [0.4, 0.5) is 0 Å². The van der Waals surface area contributed by atoms with Crippen molar-refractivity contribution < 1.29 is 24.3 Å². The van der Waals surface area contributed by atoms with Crippen LogP contribution in [0.15, 0.2) is 57.5 Å². The fourth-order valence-corrected chi connectivity index (χ4v) is 4.29. The number of rotatable bonds is 4. The van der Waals surface area contributed by atoms with Gasteiger partial charge >= 0.3 is 5.97 Å². The molecule has 2 aromatic heterocycles. The molecule has 0 saturated carbocycles. The highest BCUT2D eigenvalue weighted by Crippen LogP contribution is 2.35. The normalized spacial score (nSPS) is 18.6. The van der Waals surface area contributed by atoms with E-state index in [1.165, 1.54) is 4.90 Å². The number of benzene rings is 2. The number of aromatic nitrogens is 3. The van der Waals surface area contributed by atoms with Crippen molar-refractivity contribution in [1.29, 1.82) is 0 Å². The Morgan fingerprint density at radius 1 is 1.22 bits per heavy atom. The zero-order valence-corrected chi connectivity index (χ0v) is 18.4. The van der Waals surface area contributed by atoms with Crippen LogP contribution in [-0.2, 0) is 10.4 Å². The second kappa shape index (κ2) is 7.28. The summed E-state index contributed by atoms with van der Waals surface area (Å²) >= 11 is 3.37. The van der Waals surface area contributed by atoms with E-state index in [1.807, 2.05) is 6.07 Å². The number of nitrogens with zero attached hydrogens (tertiary/aromatic N) is 4. The Hall–Kier alpha value is -3.50. The van der Waals surface area contributed by atoms with Gasteiger partial charge in [-0.25, -0.2) is 9.48 Å². The molecule has 5 rings (SSSR count). The van der Waals surface area contributed by atoms with Crippen LogP contribution in [0.3, 0.4) is 0 Å². The second-order valence-corrected chi connectivity index (χ2v) is 8.61. The van der Waals surface area contributed by atoms with Crippen molar-refractivity contribution >= 4 is 38.7 Å². The van der Waals surface area contributed by atoms with Gasteiger partial charge in [-0.3, -0.25) is 4.79 Å². The number of hydrogen-bond donors (Lipinski definition) is 2. The molecule has 162 valence electrons. The van der Waals surface area contributed by atoms with Crippen molar-refractivity contribution in [3.05, 3.63) is 64.5 Å². The Balaban J connectivity index is 1.57. The van der Waals surface area contributed by atoms with E-state index in [-0.39, 0.29) is 17.9 Å². The molecule has 1 amide bonds. The summed E-state index contributed by atoms with van der Waals surface area (Å²) in [5, 5.41) is 29.2. The molecule has 2 aromatic carbocycles. The smallest absolute Gasteiger partial charge is 0.357 e. The van der Waals surface area contributed by atoms with E-state index >= 15 is 0 Å². The number of carbonyl (C=O) groups is 2. The summed E-state index contributed by atoms with van der Waals surface area (Å²) in [4.78, 5) is 25.5. The molecule has 2 N–H and O–H groups in total. The standard InChI is InChI=1S/C22H17BrN4O5/c1-26-8-7-22(31,21(26)30)18-11-16(25-32-18)12-3-2-4-14(9-12)27-17-6-5-13(23)10-15(17)19(24-27)20(28)29/h2-6,9-11,31H,7-8H2,1H3,(H,28,29)/t22-/m1/s1.